The van der Waals surface area contributed by atoms with E-state index in [1.165, 1.54) is 0 Å². The molecule has 7 heteroatoms. The Morgan fingerprint density at radius 2 is 2.31 bits per heavy atom. The number of hydrogen-bond donors (Lipinski definition) is 1. The number of hydrogen-bond acceptors (Lipinski definition) is 5. The average molecular weight is 246 g/mol. The smallest absolute Gasteiger partial charge is 0.281 e. The zero-order valence-electron chi connectivity index (χ0n) is 9.19. The molecular weight excluding hydrogens is 232 g/mol. The molecule has 90 valence electrons. The number of sulfonamides is 1. The number of carbonyl (C=O) groups is 1. The molecule has 1 N–H and O–H groups in total. The molecule has 1 aliphatic heterocycles. The molecular formula is C9H14N2O4S. The molecule has 0 aromatic carbocycles. The largest absolute Gasteiger partial charge is 0.378 e. The van der Waals surface area contributed by atoms with Crippen LogP contribution in [-0.4, -0.2) is 31.9 Å². The molecule has 0 saturated heterocycles. The lowest BCUT2D eigenvalue weighted by Crippen LogP contribution is -2.51. The second-order valence-corrected chi connectivity index (χ2v) is 6.11. The Morgan fingerprint density at radius 1 is 1.62 bits per heavy atom. The van der Waals surface area contributed by atoms with Gasteiger partial charge in [-0.3, -0.25) is 4.79 Å². The van der Waals surface area contributed by atoms with Gasteiger partial charge in [-0.2, -0.15) is 0 Å². The first-order valence-electron chi connectivity index (χ1n) is 5.10. The molecule has 1 heterocycles. The number of rotatable bonds is 2. The highest BCUT2D eigenvalue weighted by Crippen LogP contribution is 2.43. The van der Waals surface area contributed by atoms with Crippen molar-refractivity contribution in [3.8, 4) is 0 Å². The van der Waals surface area contributed by atoms with Crippen molar-refractivity contribution in [1.82, 2.24) is 4.72 Å². The fourth-order valence-electron chi connectivity index (χ4n) is 2.42. The van der Waals surface area contributed by atoms with Gasteiger partial charge in [-0.25, -0.2) is 13.1 Å². The van der Waals surface area contributed by atoms with Gasteiger partial charge in [0, 0.05) is 0 Å². The minimum atomic E-state index is -3.55. The topological polar surface area (TPSA) is 84.8 Å². The molecule has 0 aromatic rings. The Bertz CT molecular complexity index is 456. The predicted octanol–water partition coefficient (Wildman–Crippen LogP) is 0.00720. The van der Waals surface area contributed by atoms with Crippen molar-refractivity contribution in [3.05, 3.63) is 0 Å². The third-order valence-electron chi connectivity index (χ3n) is 3.12. The van der Waals surface area contributed by atoms with E-state index < -0.39 is 21.5 Å². The molecule has 1 aliphatic carbocycles. The first-order valence-corrected chi connectivity index (χ1v) is 6.99. The predicted molar refractivity (Wildman–Crippen MR) is 57.3 cm³/mol. The molecule has 2 rings (SSSR count). The maximum absolute atomic E-state index is 11.9. The molecule has 16 heavy (non-hydrogen) atoms. The van der Waals surface area contributed by atoms with E-state index in [4.69, 9.17) is 4.84 Å². The van der Waals surface area contributed by atoms with Crippen LogP contribution in [-0.2, 0) is 19.7 Å². The van der Waals surface area contributed by atoms with E-state index in [-0.39, 0.29) is 5.92 Å². The van der Waals surface area contributed by atoms with Crippen LogP contribution in [0.1, 0.15) is 26.2 Å². The third-order valence-corrected chi connectivity index (χ3v) is 3.68. The third kappa shape index (κ3) is 1.68. The summed E-state index contributed by atoms with van der Waals surface area (Å²) in [5, 5.41) is 3.80. The van der Waals surface area contributed by atoms with Gasteiger partial charge in [0.2, 0.25) is 15.6 Å². The Morgan fingerprint density at radius 3 is 2.94 bits per heavy atom. The zero-order chi connectivity index (χ0) is 12.0. The van der Waals surface area contributed by atoms with Crippen LogP contribution < -0.4 is 4.72 Å². The fraction of sp³-hybridized carbons (Fsp3) is 0.778. The van der Waals surface area contributed by atoms with Crippen molar-refractivity contribution in [1.29, 1.82) is 0 Å². The summed E-state index contributed by atoms with van der Waals surface area (Å²) >= 11 is 0. The maximum Gasteiger partial charge on any atom is 0.281 e. The van der Waals surface area contributed by atoms with Crippen LogP contribution in [0.3, 0.4) is 0 Å². The van der Waals surface area contributed by atoms with Crippen LogP contribution in [0.2, 0.25) is 0 Å². The number of fused-ring (bicyclic) bond motifs is 1. The molecule has 0 bridgehead atoms. The summed E-state index contributed by atoms with van der Waals surface area (Å²) < 4.78 is 24.1. The minimum Gasteiger partial charge on any atom is -0.378 e. The maximum atomic E-state index is 11.9. The van der Waals surface area contributed by atoms with E-state index in [2.05, 4.69) is 5.16 Å². The van der Waals surface area contributed by atoms with E-state index in [0.29, 0.717) is 6.42 Å². The van der Waals surface area contributed by atoms with E-state index in [9.17, 15) is 13.2 Å². The van der Waals surface area contributed by atoms with Gasteiger partial charge >= 0.3 is 0 Å². The van der Waals surface area contributed by atoms with Gasteiger partial charge in [0.15, 0.2) is 0 Å². The van der Waals surface area contributed by atoms with Crippen molar-refractivity contribution >= 4 is 21.6 Å². The van der Waals surface area contributed by atoms with Crippen LogP contribution in [0.25, 0.3) is 0 Å². The summed E-state index contributed by atoms with van der Waals surface area (Å²) in [6.07, 6.45) is 3.12. The number of nitrogens with one attached hydrogen (secondary N) is 1. The summed E-state index contributed by atoms with van der Waals surface area (Å²) in [5.41, 5.74) is -0.325. The molecule has 6 nitrogen and oxygen atoms in total. The van der Waals surface area contributed by atoms with Gasteiger partial charge < -0.3 is 4.84 Å². The zero-order valence-corrected chi connectivity index (χ0v) is 10.0. The van der Waals surface area contributed by atoms with Crippen molar-refractivity contribution < 1.29 is 18.0 Å². The number of oxime groups is 1. The monoisotopic (exact) mass is 246 g/mol. The molecule has 2 aliphatic rings. The van der Waals surface area contributed by atoms with Crippen LogP contribution in [0.15, 0.2) is 5.16 Å². The lowest BCUT2D eigenvalue weighted by molar-refractivity contribution is -0.144. The van der Waals surface area contributed by atoms with Gasteiger partial charge in [0.05, 0.1) is 17.9 Å². The van der Waals surface area contributed by atoms with Crippen molar-refractivity contribution in [2.75, 3.05) is 6.26 Å². The molecule has 2 unspecified atom stereocenters. The standard InChI is InChI=1S/C9H14N2O4S/c1-6-7-4-3-5-9(7,15-10-6)8(12)11-16(2,13)14/h7H,3-5H2,1-2H3,(H,11,12). The SMILES string of the molecule is CC1=NOC2(C(=O)NS(C)(=O)=O)CCCC12. The van der Waals surface area contributed by atoms with Crippen LogP contribution in [0.5, 0.6) is 0 Å². The highest BCUT2D eigenvalue weighted by molar-refractivity contribution is 7.89. The number of amides is 1. The van der Waals surface area contributed by atoms with Crippen LogP contribution in [0.4, 0.5) is 0 Å². The van der Waals surface area contributed by atoms with Gasteiger partial charge in [-0.15, -0.1) is 0 Å². The highest BCUT2D eigenvalue weighted by atomic mass is 32.2. The Kier molecular flexibility index (Phi) is 2.45. The Labute approximate surface area is 94.1 Å². The van der Waals surface area contributed by atoms with Crippen LogP contribution in [0, 0.1) is 5.92 Å². The van der Waals surface area contributed by atoms with Crippen molar-refractivity contribution in [3.63, 3.8) is 0 Å². The minimum absolute atomic E-state index is 0.0887. The normalized spacial score (nSPS) is 32.9. The molecule has 1 saturated carbocycles. The summed E-state index contributed by atoms with van der Waals surface area (Å²) in [5.74, 6) is -0.688. The number of nitrogens with zero attached hydrogens (tertiary/aromatic N) is 1. The molecule has 0 spiro atoms. The molecule has 2 atom stereocenters. The Hall–Kier alpha value is -1.11. The van der Waals surface area contributed by atoms with E-state index in [0.717, 1.165) is 24.8 Å². The summed E-state index contributed by atoms with van der Waals surface area (Å²) in [4.78, 5) is 17.1. The van der Waals surface area contributed by atoms with Gasteiger partial charge in [0.1, 0.15) is 0 Å². The Balaban J connectivity index is 2.24. The quantitative estimate of drug-likeness (QED) is 0.743. The van der Waals surface area contributed by atoms with Crippen molar-refractivity contribution in [2.24, 2.45) is 11.1 Å². The summed E-state index contributed by atoms with van der Waals surface area (Å²) in [6.45, 7) is 1.80. The molecule has 0 aromatic heterocycles. The lowest BCUT2D eigenvalue weighted by atomic mass is 9.88. The lowest BCUT2D eigenvalue weighted by Gasteiger charge is -2.24. The van der Waals surface area contributed by atoms with Crippen molar-refractivity contribution in [2.45, 2.75) is 31.8 Å². The first kappa shape index (κ1) is 11.4. The number of carbonyl (C=O) groups excluding carboxylic acids is 1. The summed E-state index contributed by atoms with van der Waals surface area (Å²) in [7, 11) is -3.55. The molecule has 1 amide bonds. The van der Waals surface area contributed by atoms with E-state index >= 15 is 0 Å². The fourth-order valence-corrected chi connectivity index (χ4v) is 2.93. The van der Waals surface area contributed by atoms with Gasteiger partial charge in [-0.1, -0.05) is 5.16 Å². The average Bonchev–Trinajstić information content (AvgIpc) is 2.65. The highest BCUT2D eigenvalue weighted by Gasteiger charge is 2.57. The van der Waals surface area contributed by atoms with Crippen LogP contribution >= 0.6 is 0 Å². The second kappa shape index (κ2) is 3.44. The van der Waals surface area contributed by atoms with Gasteiger partial charge in [0.25, 0.3) is 5.91 Å². The molecule has 0 radical (unpaired) electrons. The van der Waals surface area contributed by atoms with Gasteiger partial charge in [-0.05, 0) is 26.2 Å². The first-order chi connectivity index (χ1) is 7.35. The second-order valence-electron chi connectivity index (χ2n) is 4.36. The van der Waals surface area contributed by atoms with E-state index in [1.54, 1.807) is 6.92 Å². The molecule has 1 fully saturated rings. The van der Waals surface area contributed by atoms with E-state index in [1.807, 2.05) is 4.72 Å². The summed E-state index contributed by atoms with van der Waals surface area (Å²) in [6, 6.07) is 0.